The highest BCUT2D eigenvalue weighted by Crippen LogP contribution is 2.22. The van der Waals surface area contributed by atoms with E-state index in [1.807, 2.05) is 39.0 Å². The van der Waals surface area contributed by atoms with Gasteiger partial charge >= 0.3 is 7.12 Å². The second-order valence-electron chi connectivity index (χ2n) is 4.57. The van der Waals surface area contributed by atoms with Gasteiger partial charge in [-0.15, -0.1) is 0 Å². The zero-order valence-electron chi connectivity index (χ0n) is 13.2. The summed E-state index contributed by atoms with van der Waals surface area (Å²) in [6, 6.07) is 13.6. The molecule has 0 saturated heterocycles. The monoisotopic (exact) mass is 282 g/mol. The molecule has 2 aromatic carbocycles. The standard InChI is InChI=1S/C16H17BO2.C2H6/c1-3-4-13-5-6-15(11-12(13)2)14-7-9-16(10-8-14)17(18)19;1-2/h3-11,18-19H,1-2H3;1-2H3/b4-3-;. The van der Waals surface area contributed by atoms with Gasteiger partial charge in [0.05, 0.1) is 0 Å². The highest BCUT2D eigenvalue weighted by molar-refractivity contribution is 6.58. The average molecular weight is 282 g/mol. The summed E-state index contributed by atoms with van der Waals surface area (Å²) in [6.07, 6.45) is 4.11. The fraction of sp³-hybridized carbons (Fsp3) is 0.222. The third-order valence-electron chi connectivity index (χ3n) is 3.16. The summed E-state index contributed by atoms with van der Waals surface area (Å²) in [5, 5.41) is 18.1. The van der Waals surface area contributed by atoms with Gasteiger partial charge in [0.25, 0.3) is 0 Å². The molecular formula is C18H23BO2. The van der Waals surface area contributed by atoms with Gasteiger partial charge in [-0.2, -0.15) is 0 Å². The zero-order valence-corrected chi connectivity index (χ0v) is 13.2. The number of hydrogen-bond acceptors (Lipinski definition) is 2. The van der Waals surface area contributed by atoms with E-state index in [9.17, 15) is 0 Å². The van der Waals surface area contributed by atoms with Crippen LogP contribution in [0.2, 0.25) is 0 Å². The fourth-order valence-corrected chi connectivity index (χ4v) is 2.07. The first-order valence-electron chi connectivity index (χ1n) is 7.31. The molecule has 110 valence electrons. The van der Waals surface area contributed by atoms with E-state index >= 15 is 0 Å². The van der Waals surface area contributed by atoms with Crippen LogP contribution in [0.25, 0.3) is 17.2 Å². The van der Waals surface area contributed by atoms with Crippen molar-refractivity contribution in [1.29, 1.82) is 0 Å². The van der Waals surface area contributed by atoms with Crippen LogP contribution < -0.4 is 5.46 Å². The molecule has 2 aromatic rings. The second-order valence-corrected chi connectivity index (χ2v) is 4.57. The lowest BCUT2D eigenvalue weighted by molar-refractivity contribution is 0.426. The van der Waals surface area contributed by atoms with Crippen molar-refractivity contribution in [3.05, 3.63) is 59.7 Å². The van der Waals surface area contributed by atoms with Crippen molar-refractivity contribution < 1.29 is 10.0 Å². The van der Waals surface area contributed by atoms with Crippen molar-refractivity contribution in [1.82, 2.24) is 0 Å². The number of hydrogen-bond donors (Lipinski definition) is 2. The molecule has 0 atom stereocenters. The summed E-state index contributed by atoms with van der Waals surface area (Å²) in [6.45, 7) is 8.09. The van der Waals surface area contributed by atoms with Gasteiger partial charge < -0.3 is 10.0 Å². The zero-order chi connectivity index (χ0) is 15.8. The van der Waals surface area contributed by atoms with E-state index in [1.165, 1.54) is 11.1 Å². The second kappa shape index (κ2) is 8.45. The highest BCUT2D eigenvalue weighted by Gasteiger charge is 2.10. The van der Waals surface area contributed by atoms with Gasteiger partial charge in [0.1, 0.15) is 0 Å². The Balaban J connectivity index is 0.00000106. The van der Waals surface area contributed by atoms with Gasteiger partial charge in [-0.3, -0.25) is 0 Å². The molecule has 0 aliphatic heterocycles. The van der Waals surface area contributed by atoms with E-state index < -0.39 is 7.12 Å². The lowest BCUT2D eigenvalue weighted by atomic mass is 9.80. The van der Waals surface area contributed by atoms with Crippen LogP contribution in [-0.2, 0) is 0 Å². The Morgan fingerprint density at radius 2 is 1.48 bits per heavy atom. The third-order valence-corrected chi connectivity index (χ3v) is 3.16. The molecule has 2 nitrogen and oxygen atoms in total. The predicted molar refractivity (Wildman–Crippen MR) is 92.5 cm³/mol. The normalized spacial score (nSPS) is 10.2. The van der Waals surface area contributed by atoms with Crippen molar-refractivity contribution in [2.75, 3.05) is 0 Å². The summed E-state index contributed by atoms with van der Waals surface area (Å²) in [7, 11) is -1.41. The summed E-state index contributed by atoms with van der Waals surface area (Å²) in [5.41, 5.74) is 5.14. The van der Waals surface area contributed by atoms with Crippen molar-refractivity contribution >= 4 is 18.7 Å². The van der Waals surface area contributed by atoms with Crippen LogP contribution in [0.5, 0.6) is 0 Å². The molecule has 3 heteroatoms. The molecule has 0 aliphatic rings. The SMILES string of the molecule is C/C=C\c1ccc(-c2ccc(B(O)O)cc2)cc1C.CC. The molecule has 2 N–H and O–H groups in total. The van der Waals surface area contributed by atoms with Gasteiger partial charge in [0.15, 0.2) is 0 Å². The predicted octanol–water partition coefficient (Wildman–Crippen LogP) is 3.40. The lowest BCUT2D eigenvalue weighted by Crippen LogP contribution is -2.29. The van der Waals surface area contributed by atoms with Gasteiger partial charge in [-0.1, -0.05) is 68.5 Å². The van der Waals surface area contributed by atoms with Crippen molar-refractivity contribution in [3.8, 4) is 11.1 Å². The Labute approximate surface area is 127 Å². The number of aryl methyl sites for hydroxylation is 1. The highest BCUT2D eigenvalue weighted by atomic mass is 16.4. The Kier molecular flexibility index (Phi) is 6.93. The molecule has 0 heterocycles. The Hall–Kier alpha value is -1.84. The van der Waals surface area contributed by atoms with Gasteiger partial charge in [0, 0.05) is 0 Å². The van der Waals surface area contributed by atoms with E-state index in [0.717, 1.165) is 11.1 Å². The maximum absolute atomic E-state index is 9.07. The Morgan fingerprint density at radius 3 is 1.95 bits per heavy atom. The van der Waals surface area contributed by atoms with Gasteiger partial charge in [0.2, 0.25) is 0 Å². The smallest absolute Gasteiger partial charge is 0.423 e. The molecule has 0 spiro atoms. The molecule has 0 bridgehead atoms. The minimum Gasteiger partial charge on any atom is -0.423 e. The minimum atomic E-state index is -1.41. The average Bonchev–Trinajstić information content (AvgIpc) is 2.51. The van der Waals surface area contributed by atoms with Crippen LogP contribution in [0.15, 0.2) is 48.5 Å². The van der Waals surface area contributed by atoms with Crippen LogP contribution in [-0.4, -0.2) is 17.2 Å². The molecule has 0 saturated carbocycles. The van der Waals surface area contributed by atoms with Crippen LogP contribution in [0.1, 0.15) is 31.9 Å². The number of allylic oxidation sites excluding steroid dienone is 1. The first-order chi connectivity index (χ1) is 10.1. The van der Waals surface area contributed by atoms with E-state index in [2.05, 4.69) is 31.2 Å². The molecule has 0 radical (unpaired) electrons. The van der Waals surface area contributed by atoms with Crippen LogP contribution in [0.4, 0.5) is 0 Å². The molecule has 21 heavy (non-hydrogen) atoms. The van der Waals surface area contributed by atoms with E-state index in [1.54, 1.807) is 12.1 Å². The maximum atomic E-state index is 9.07. The number of benzene rings is 2. The van der Waals surface area contributed by atoms with E-state index in [0.29, 0.717) is 5.46 Å². The lowest BCUT2D eigenvalue weighted by Gasteiger charge is -2.07. The molecule has 0 fully saturated rings. The van der Waals surface area contributed by atoms with E-state index in [4.69, 9.17) is 10.0 Å². The molecular weight excluding hydrogens is 259 g/mol. The fourth-order valence-electron chi connectivity index (χ4n) is 2.07. The summed E-state index contributed by atoms with van der Waals surface area (Å²) >= 11 is 0. The maximum Gasteiger partial charge on any atom is 0.488 e. The van der Waals surface area contributed by atoms with Crippen LogP contribution in [0, 0.1) is 6.92 Å². The first kappa shape index (κ1) is 17.2. The summed E-state index contributed by atoms with van der Waals surface area (Å²) in [5.74, 6) is 0. The first-order valence-corrected chi connectivity index (χ1v) is 7.31. The van der Waals surface area contributed by atoms with Crippen LogP contribution >= 0.6 is 0 Å². The van der Waals surface area contributed by atoms with E-state index in [-0.39, 0.29) is 0 Å². The molecule has 0 aliphatic carbocycles. The minimum absolute atomic E-state index is 0.506. The van der Waals surface area contributed by atoms with Crippen molar-refractivity contribution in [2.24, 2.45) is 0 Å². The molecule has 0 amide bonds. The third kappa shape index (κ3) is 4.59. The molecule has 0 aromatic heterocycles. The quantitative estimate of drug-likeness (QED) is 0.847. The van der Waals surface area contributed by atoms with Crippen LogP contribution in [0.3, 0.4) is 0 Å². The largest absolute Gasteiger partial charge is 0.488 e. The van der Waals surface area contributed by atoms with Gasteiger partial charge in [-0.25, -0.2) is 0 Å². The van der Waals surface area contributed by atoms with Gasteiger partial charge in [-0.05, 0) is 41.6 Å². The Morgan fingerprint density at radius 1 is 0.905 bits per heavy atom. The topological polar surface area (TPSA) is 40.5 Å². The summed E-state index contributed by atoms with van der Waals surface area (Å²) < 4.78 is 0. The Bertz CT molecular complexity index is 587. The van der Waals surface area contributed by atoms with Crippen molar-refractivity contribution in [2.45, 2.75) is 27.7 Å². The molecule has 0 unspecified atom stereocenters. The summed E-state index contributed by atoms with van der Waals surface area (Å²) in [4.78, 5) is 0. The molecule has 2 rings (SSSR count). The van der Waals surface area contributed by atoms with Crippen molar-refractivity contribution in [3.63, 3.8) is 0 Å². The number of rotatable bonds is 3.